The molecule has 0 saturated carbocycles. The minimum Gasteiger partial charge on any atom is -0.508 e. The van der Waals surface area contributed by atoms with Crippen molar-refractivity contribution in [3.8, 4) is 83.1 Å². The van der Waals surface area contributed by atoms with Crippen molar-refractivity contribution in [3.63, 3.8) is 0 Å². The molecule has 0 bridgehead atoms. The van der Waals surface area contributed by atoms with Crippen LogP contribution in [0.5, 0.6) is 51.7 Å². The fourth-order valence-corrected chi connectivity index (χ4v) is 14.5. The van der Waals surface area contributed by atoms with Gasteiger partial charge in [0.1, 0.15) is 40.3 Å². The zero-order chi connectivity index (χ0) is 68.4. The number of aliphatic carboxylic acids is 3. The molecule has 9 aromatic carbocycles. The number of carboxylic acids is 3. The first-order chi connectivity index (χ1) is 47.4. The lowest BCUT2D eigenvalue weighted by atomic mass is 10.0. The molecular formula is C77H60FN5O12S3. The lowest BCUT2D eigenvalue weighted by molar-refractivity contribution is -0.132. The van der Waals surface area contributed by atoms with Crippen molar-refractivity contribution in [2.24, 2.45) is 7.05 Å². The van der Waals surface area contributed by atoms with Crippen molar-refractivity contribution >= 4 is 100 Å². The van der Waals surface area contributed by atoms with E-state index in [1.165, 1.54) is 63.7 Å². The second-order valence-electron chi connectivity index (χ2n) is 22.6. The van der Waals surface area contributed by atoms with Gasteiger partial charge in [-0.25, -0.2) is 18.8 Å². The van der Waals surface area contributed by atoms with Gasteiger partial charge < -0.3 is 44.8 Å². The Morgan fingerprint density at radius 1 is 0.500 bits per heavy atom. The molecule has 1 aliphatic heterocycles. The molecule has 1 aliphatic rings. The highest BCUT2D eigenvalue weighted by molar-refractivity contribution is 7.23. The molecule has 5 heterocycles. The molecular weight excluding hydrogens is 1300 g/mol. The van der Waals surface area contributed by atoms with Crippen LogP contribution in [0.4, 0.5) is 4.39 Å². The standard InChI is InChI=1S/C27H23NO4S.C26H20N4O4S.C24H17FO4S/c29-20-9-12-23-24(16-20)33-27(22-5-2-1-4-19(22)17-28-14-3-15-28)26(23)32-21-10-6-18(7-11-21)8-13-25(30)31;1-30-28-23(27-29-30)14-17-4-2-3-5-20(17)26-25(21-12-9-18(31)15-22(21)35-26)34-19-10-6-16(7-11-19)8-13-24(32)33;1-14-2-6-16(25)12-20(14)24-23(19-10-7-17(26)13-21(19)30-24)29-18-8-3-15(4-9-18)5-11-22(27)28/h1-2,4-13,16,29H,3,14-15,17H2,(H,30,31);2-13,15,31H,14H2,1H3,(H,32,33);2-13,26H,1H3,(H,27,28)/b2*13-8+;11-5+. The number of halogens is 1. The summed E-state index contributed by atoms with van der Waals surface area (Å²) in [6.45, 7) is 5.06. The molecule has 14 rings (SSSR count). The van der Waals surface area contributed by atoms with Crippen LogP contribution in [-0.2, 0) is 34.4 Å². The number of carbonyl (C=O) groups is 3. The number of fused-ring (bicyclic) bond motifs is 3. The van der Waals surface area contributed by atoms with Crippen LogP contribution in [0.1, 0.15) is 45.6 Å². The second kappa shape index (κ2) is 29.9. The molecule has 4 aromatic heterocycles. The second-order valence-corrected chi connectivity index (χ2v) is 25.8. The van der Waals surface area contributed by atoms with E-state index in [9.17, 15) is 34.1 Å². The number of hydrogen-bond acceptors (Lipinski definition) is 16. The van der Waals surface area contributed by atoms with Gasteiger partial charge in [0.15, 0.2) is 23.1 Å². The van der Waals surface area contributed by atoms with Gasteiger partial charge in [-0.15, -0.1) is 44.2 Å². The van der Waals surface area contributed by atoms with Gasteiger partial charge in [-0.3, -0.25) is 4.90 Å². The molecule has 0 radical (unpaired) electrons. The monoisotopic (exact) mass is 1360 g/mol. The molecule has 1 fully saturated rings. The maximum atomic E-state index is 14.0. The number of carboxylic acid groups (broad SMARTS) is 3. The molecule has 17 nitrogen and oxygen atoms in total. The summed E-state index contributed by atoms with van der Waals surface area (Å²) < 4.78 is 35.6. The van der Waals surface area contributed by atoms with Crippen molar-refractivity contribution < 1.29 is 63.6 Å². The molecule has 0 amide bonds. The van der Waals surface area contributed by atoms with Crippen LogP contribution >= 0.6 is 34.0 Å². The van der Waals surface area contributed by atoms with Crippen LogP contribution in [0.2, 0.25) is 0 Å². The molecule has 490 valence electrons. The first-order valence-electron chi connectivity index (χ1n) is 30.6. The zero-order valence-electron chi connectivity index (χ0n) is 52.4. The Balaban J connectivity index is 0.000000140. The average molecular weight is 1360 g/mol. The number of aryl methyl sites for hydroxylation is 2. The van der Waals surface area contributed by atoms with E-state index < -0.39 is 17.9 Å². The zero-order valence-corrected chi connectivity index (χ0v) is 54.9. The normalized spacial score (nSPS) is 12.2. The van der Waals surface area contributed by atoms with Crippen LogP contribution in [0, 0.1) is 12.7 Å². The third kappa shape index (κ3) is 16.1. The first kappa shape index (κ1) is 66.3. The number of rotatable bonds is 19. The molecule has 0 spiro atoms. The Hall–Kier alpha value is -11.8. The Morgan fingerprint density at radius 3 is 1.29 bits per heavy atom. The molecule has 0 aliphatic carbocycles. The van der Waals surface area contributed by atoms with E-state index in [0.717, 1.165) is 133 Å². The summed E-state index contributed by atoms with van der Waals surface area (Å²) in [5.41, 5.74) is 8.30. The summed E-state index contributed by atoms with van der Waals surface area (Å²) in [6, 6.07) is 58.1. The highest BCUT2D eigenvalue weighted by Crippen LogP contribution is 2.51. The van der Waals surface area contributed by atoms with Crippen LogP contribution in [-0.4, -0.2) is 86.7 Å². The lowest BCUT2D eigenvalue weighted by Gasteiger charge is -2.31. The van der Waals surface area contributed by atoms with Crippen molar-refractivity contribution in [3.05, 3.63) is 257 Å². The van der Waals surface area contributed by atoms with Crippen LogP contribution in [0.3, 0.4) is 0 Å². The number of ether oxygens (including phenoxy) is 3. The van der Waals surface area contributed by atoms with E-state index in [-0.39, 0.29) is 23.1 Å². The smallest absolute Gasteiger partial charge is 0.328 e. The quantitative estimate of drug-likeness (QED) is 0.0412. The van der Waals surface area contributed by atoms with E-state index in [0.29, 0.717) is 41.0 Å². The number of phenols is 3. The van der Waals surface area contributed by atoms with Crippen molar-refractivity contribution in [2.75, 3.05) is 13.1 Å². The molecule has 1 saturated heterocycles. The van der Waals surface area contributed by atoms with E-state index in [1.54, 1.807) is 122 Å². The highest BCUT2D eigenvalue weighted by atomic mass is 32.1. The maximum Gasteiger partial charge on any atom is 0.328 e. The highest BCUT2D eigenvalue weighted by Gasteiger charge is 2.24. The topological polar surface area (TPSA) is 247 Å². The minimum absolute atomic E-state index is 0.146. The Morgan fingerprint density at radius 2 is 0.898 bits per heavy atom. The molecule has 0 unspecified atom stereocenters. The molecule has 0 atom stereocenters. The van der Waals surface area contributed by atoms with Crippen LogP contribution < -0.4 is 14.2 Å². The van der Waals surface area contributed by atoms with Gasteiger partial charge in [-0.1, -0.05) is 91.0 Å². The van der Waals surface area contributed by atoms with Crippen molar-refractivity contribution in [2.45, 2.75) is 26.3 Å². The number of tetrazole rings is 1. The lowest BCUT2D eigenvalue weighted by Crippen LogP contribution is -2.36. The summed E-state index contributed by atoms with van der Waals surface area (Å²) in [5, 5.41) is 71.4. The van der Waals surface area contributed by atoms with Gasteiger partial charge >= 0.3 is 17.9 Å². The number of benzene rings is 9. The third-order valence-electron chi connectivity index (χ3n) is 15.6. The number of phenolic OH excluding ortho intramolecular Hbond substituents is 3. The number of aromatic hydroxyl groups is 3. The molecule has 6 N–H and O–H groups in total. The van der Waals surface area contributed by atoms with Gasteiger partial charge in [0, 0.05) is 67.0 Å². The fraction of sp³-hybridized carbons (Fsp3) is 0.0909. The SMILES string of the molecule is Cc1ccc(F)cc1-c1sc2cc(O)ccc2c1Oc1ccc(/C=C/C(=O)O)cc1.Cn1nnc(Cc2ccccc2-c2sc3cc(O)ccc3c2Oc2ccc(/C=C/C(=O)O)cc2)n1.O=C(O)/C=C/c1ccc(Oc2c(-c3ccccc3CN3CCC3)sc3cc(O)ccc23)cc1. The largest absolute Gasteiger partial charge is 0.508 e. The molecule has 13 aromatic rings. The van der Waals surface area contributed by atoms with E-state index >= 15 is 0 Å². The van der Waals surface area contributed by atoms with E-state index in [2.05, 4.69) is 38.5 Å². The number of nitrogens with zero attached hydrogens (tertiary/aromatic N) is 5. The van der Waals surface area contributed by atoms with Gasteiger partial charge in [0.25, 0.3) is 0 Å². The summed E-state index contributed by atoms with van der Waals surface area (Å²) in [6.07, 6.45) is 9.60. The van der Waals surface area contributed by atoms with Gasteiger partial charge in [0.05, 0.1) is 21.7 Å². The number of likely N-dealkylation sites (tertiary alicyclic amines) is 1. The fourth-order valence-electron chi connectivity index (χ4n) is 10.8. The molecule has 21 heteroatoms. The van der Waals surface area contributed by atoms with Crippen molar-refractivity contribution in [1.29, 1.82) is 0 Å². The Labute approximate surface area is 572 Å². The van der Waals surface area contributed by atoms with Gasteiger partial charge in [-0.05, 0) is 198 Å². The summed E-state index contributed by atoms with van der Waals surface area (Å²) >= 11 is 4.56. The van der Waals surface area contributed by atoms with E-state index in [4.69, 9.17) is 29.5 Å². The van der Waals surface area contributed by atoms with Gasteiger partial charge in [-0.2, -0.15) is 4.80 Å². The van der Waals surface area contributed by atoms with Crippen molar-refractivity contribution in [1.82, 2.24) is 25.1 Å². The van der Waals surface area contributed by atoms with Crippen LogP contribution in [0.15, 0.2) is 212 Å². The molecule has 98 heavy (non-hydrogen) atoms. The summed E-state index contributed by atoms with van der Waals surface area (Å²) in [4.78, 5) is 38.8. The van der Waals surface area contributed by atoms with Gasteiger partial charge in [0.2, 0.25) is 0 Å². The Bertz CT molecular complexity index is 5190. The number of thiophene rings is 3. The third-order valence-corrected chi connectivity index (χ3v) is 19.1. The average Bonchev–Trinajstić information content (AvgIpc) is 1.64. The number of aromatic nitrogens is 4. The summed E-state index contributed by atoms with van der Waals surface area (Å²) in [7, 11) is 1.73. The van der Waals surface area contributed by atoms with Crippen LogP contribution in [0.25, 0.3) is 79.8 Å². The maximum absolute atomic E-state index is 14.0. The summed E-state index contributed by atoms with van der Waals surface area (Å²) in [5.74, 6) is 1.70. The minimum atomic E-state index is -1.02. The van der Waals surface area contributed by atoms with E-state index in [1.807, 2.05) is 73.7 Å². The predicted molar refractivity (Wildman–Crippen MR) is 383 cm³/mol. The Kier molecular flexibility index (Phi) is 20.2. The first-order valence-corrected chi connectivity index (χ1v) is 33.1. The number of hydrogen-bond donors (Lipinski definition) is 6. The predicted octanol–water partition coefficient (Wildman–Crippen LogP) is 18.3.